The Bertz CT molecular complexity index is 638. The first kappa shape index (κ1) is 13.9. The lowest BCUT2D eigenvalue weighted by Crippen LogP contribution is -2.30. The van der Waals surface area contributed by atoms with E-state index in [1.54, 1.807) is 24.3 Å². The maximum atomic E-state index is 9.07. The highest BCUT2D eigenvalue weighted by molar-refractivity contribution is 6.58. The Morgan fingerprint density at radius 1 is 1.30 bits per heavy atom. The van der Waals surface area contributed by atoms with E-state index < -0.39 is 7.12 Å². The van der Waals surface area contributed by atoms with Gasteiger partial charge >= 0.3 is 7.12 Å². The smallest absolute Gasteiger partial charge is 0.485 e. The molecule has 0 radical (unpaired) electrons. The van der Waals surface area contributed by atoms with Crippen LogP contribution in [-0.4, -0.2) is 22.2 Å². The van der Waals surface area contributed by atoms with Crippen molar-refractivity contribution >= 4 is 18.4 Å². The molecule has 2 aromatic rings. The minimum absolute atomic E-state index is 0.169. The van der Waals surface area contributed by atoms with Crippen LogP contribution in [0.25, 0.3) is 0 Å². The first-order valence-corrected chi connectivity index (χ1v) is 5.83. The summed E-state index contributed by atoms with van der Waals surface area (Å²) in [5, 5.41) is 26.8. The molecule has 1 aromatic carbocycles. The van der Waals surface area contributed by atoms with Gasteiger partial charge in [-0.25, -0.2) is 4.98 Å². The van der Waals surface area contributed by atoms with E-state index >= 15 is 0 Å². The second kappa shape index (κ2) is 6.06. The molecule has 6 nitrogen and oxygen atoms in total. The van der Waals surface area contributed by atoms with Crippen molar-refractivity contribution in [3.63, 3.8) is 0 Å². The molecule has 0 bridgehead atoms. The van der Waals surface area contributed by atoms with Gasteiger partial charge in [-0.1, -0.05) is 12.1 Å². The first-order valence-electron chi connectivity index (χ1n) is 5.83. The number of hydrogen-bond acceptors (Lipinski definition) is 6. The van der Waals surface area contributed by atoms with Crippen LogP contribution >= 0.6 is 0 Å². The van der Waals surface area contributed by atoms with Crippen molar-refractivity contribution in [1.29, 1.82) is 5.26 Å². The zero-order valence-corrected chi connectivity index (χ0v) is 10.5. The van der Waals surface area contributed by atoms with Gasteiger partial charge in [-0.2, -0.15) is 5.26 Å². The third-order valence-corrected chi connectivity index (χ3v) is 2.68. The van der Waals surface area contributed by atoms with Crippen LogP contribution in [0.3, 0.4) is 0 Å². The molecular formula is C13H12BN3O3. The van der Waals surface area contributed by atoms with Gasteiger partial charge in [0.05, 0.1) is 11.6 Å². The average Bonchev–Trinajstić information content (AvgIpc) is 2.46. The second-order valence-electron chi connectivity index (χ2n) is 4.12. The van der Waals surface area contributed by atoms with Gasteiger partial charge in [0.25, 0.3) is 0 Å². The van der Waals surface area contributed by atoms with Gasteiger partial charge in [0.15, 0.2) is 11.6 Å². The van der Waals surface area contributed by atoms with Gasteiger partial charge in [0.2, 0.25) is 0 Å². The number of pyridine rings is 1. The fourth-order valence-electron chi connectivity index (χ4n) is 1.56. The third kappa shape index (κ3) is 3.26. The standard InChI is InChI=1S/C13H12BN3O3/c15-6-9-1-3-10(4-2-9)8-20-12-5-11(14(18)19)7-17-13(12)16/h1-5,7,18-19H,8H2,(H2,16,17). The molecule has 2 rings (SSSR count). The highest BCUT2D eigenvalue weighted by atomic mass is 16.5. The Morgan fingerprint density at radius 2 is 2.00 bits per heavy atom. The van der Waals surface area contributed by atoms with Crippen LogP contribution in [-0.2, 0) is 6.61 Å². The predicted octanol–water partition coefficient (Wildman–Crippen LogP) is -0.206. The molecule has 0 spiro atoms. The third-order valence-electron chi connectivity index (χ3n) is 2.68. The maximum absolute atomic E-state index is 9.07. The number of nitriles is 1. The van der Waals surface area contributed by atoms with Gasteiger partial charge in [-0.3, -0.25) is 0 Å². The zero-order valence-electron chi connectivity index (χ0n) is 10.5. The molecule has 4 N–H and O–H groups in total. The molecular weight excluding hydrogens is 257 g/mol. The normalized spacial score (nSPS) is 9.85. The Kier molecular flexibility index (Phi) is 4.20. The van der Waals surface area contributed by atoms with Crippen molar-refractivity contribution in [2.75, 3.05) is 5.73 Å². The van der Waals surface area contributed by atoms with Crippen LogP contribution in [0, 0.1) is 11.3 Å². The van der Waals surface area contributed by atoms with Crippen LogP contribution in [0.2, 0.25) is 0 Å². The molecule has 20 heavy (non-hydrogen) atoms. The number of nitrogens with two attached hydrogens (primary N) is 1. The van der Waals surface area contributed by atoms with Crippen LogP contribution in [0.4, 0.5) is 5.82 Å². The van der Waals surface area contributed by atoms with Crippen LogP contribution in [0.15, 0.2) is 36.5 Å². The number of benzene rings is 1. The summed E-state index contributed by atoms with van der Waals surface area (Å²) in [6, 6.07) is 10.4. The fourth-order valence-corrected chi connectivity index (χ4v) is 1.56. The minimum atomic E-state index is -1.62. The largest absolute Gasteiger partial charge is 0.490 e. The summed E-state index contributed by atoms with van der Waals surface area (Å²) < 4.78 is 5.49. The second-order valence-corrected chi connectivity index (χ2v) is 4.12. The van der Waals surface area contributed by atoms with Gasteiger partial charge in [0.1, 0.15) is 6.61 Å². The van der Waals surface area contributed by atoms with Crippen molar-refractivity contribution < 1.29 is 14.8 Å². The molecule has 0 aliphatic carbocycles. The number of rotatable bonds is 4. The molecule has 0 atom stereocenters. The van der Waals surface area contributed by atoms with E-state index in [1.807, 2.05) is 6.07 Å². The lowest BCUT2D eigenvalue weighted by Gasteiger charge is -2.10. The lowest BCUT2D eigenvalue weighted by molar-refractivity contribution is 0.307. The highest BCUT2D eigenvalue weighted by Gasteiger charge is 2.14. The Balaban J connectivity index is 2.10. The van der Waals surface area contributed by atoms with Crippen molar-refractivity contribution in [3.05, 3.63) is 47.7 Å². The fraction of sp³-hybridized carbons (Fsp3) is 0.0769. The van der Waals surface area contributed by atoms with Crippen molar-refractivity contribution in [2.24, 2.45) is 0 Å². The van der Waals surface area contributed by atoms with E-state index in [0.29, 0.717) is 5.56 Å². The zero-order chi connectivity index (χ0) is 14.5. The molecule has 0 aliphatic rings. The maximum Gasteiger partial charge on any atom is 0.490 e. The van der Waals surface area contributed by atoms with Gasteiger partial charge in [0, 0.05) is 11.7 Å². The molecule has 1 heterocycles. The number of hydrogen-bond donors (Lipinski definition) is 3. The van der Waals surface area contributed by atoms with E-state index in [-0.39, 0.29) is 23.6 Å². The van der Waals surface area contributed by atoms with E-state index in [1.165, 1.54) is 12.3 Å². The van der Waals surface area contributed by atoms with Crippen LogP contribution in [0.1, 0.15) is 11.1 Å². The summed E-state index contributed by atoms with van der Waals surface area (Å²) >= 11 is 0. The summed E-state index contributed by atoms with van der Waals surface area (Å²) in [5.74, 6) is 0.447. The van der Waals surface area contributed by atoms with Gasteiger partial charge in [-0.15, -0.1) is 0 Å². The minimum Gasteiger partial charge on any atom is -0.485 e. The van der Waals surface area contributed by atoms with E-state index in [4.69, 9.17) is 25.8 Å². The van der Waals surface area contributed by atoms with E-state index in [0.717, 1.165) is 5.56 Å². The summed E-state index contributed by atoms with van der Waals surface area (Å²) in [5.41, 5.74) is 7.29. The number of ether oxygens (including phenoxy) is 1. The topological polar surface area (TPSA) is 112 Å². The molecule has 0 amide bonds. The average molecular weight is 269 g/mol. The quantitative estimate of drug-likeness (QED) is 0.662. The van der Waals surface area contributed by atoms with Gasteiger partial charge < -0.3 is 20.5 Å². The van der Waals surface area contributed by atoms with Gasteiger partial charge in [-0.05, 0) is 23.8 Å². The molecule has 7 heteroatoms. The van der Waals surface area contributed by atoms with Crippen LogP contribution in [0.5, 0.6) is 5.75 Å². The summed E-state index contributed by atoms with van der Waals surface area (Å²) in [6.45, 7) is 0.239. The van der Waals surface area contributed by atoms with Crippen molar-refractivity contribution in [1.82, 2.24) is 4.98 Å². The summed E-state index contributed by atoms with van der Waals surface area (Å²) in [6.07, 6.45) is 1.27. The molecule has 0 saturated heterocycles. The SMILES string of the molecule is N#Cc1ccc(COc2cc(B(O)O)cnc2N)cc1. The number of anilines is 1. The molecule has 1 aromatic heterocycles. The molecule has 100 valence electrons. The van der Waals surface area contributed by atoms with Crippen LogP contribution < -0.4 is 15.9 Å². The van der Waals surface area contributed by atoms with E-state index in [2.05, 4.69) is 4.98 Å². The van der Waals surface area contributed by atoms with Crippen molar-refractivity contribution in [3.8, 4) is 11.8 Å². The number of nitrogens with zero attached hydrogens (tertiary/aromatic N) is 2. The lowest BCUT2D eigenvalue weighted by atomic mass is 9.81. The molecule has 0 unspecified atom stereocenters. The number of nitrogen functional groups attached to an aromatic ring is 1. The van der Waals surface area contributed by atoms with E-state index in [9.17, 15) is 0 Å². The molecule has 0 fully saturated rings. The molecule has 0 aliphatic heterocycles. The first-order chi connectivity index (χ1) is 9.60. The monoisotopic (exact) mass is 269 g/mol. The Morgan fingerprint density at radius 3 is 2.60 bits per heavy atom. The summed E-state index contributed by atoms with van der Waals surface area (Å²) in [7, 11) is -1.62. The molecule has 0 saturated carbocycles. The summed E-state index contributed by atoms with van der Waals surface area (Å²) in [4.78, 5) is 3.83. The Hall–Kier alpha value is -2.56. The highest BCUT2D eigenvalue weighted by Crippen LogP contribution is 2.18. The Labute approximate surface area is 116 Å². The number of aromatic nitrogens is 1. The predicted molar refractivity (Wildman–Crippen MR) is 74.0 cm³/mol. The van der Waals surface area contributed by atoms with Crippen molar-refractivity contribution in [2.45, 2.75) is 6.61 Å².